The van der Waals surface area contributed by atoms with E-state index in [1.54, 1.807) is 50.6 Å². The molecule has 0 aliphatic carbocycles. The fourth-order valence-electron chi connectivity index (χ4n) is 2.12. The quantitative estimate of drug-likeness (QED) is 0.712. The Morgan fingerprint density at radius 1 is 1.00 bits per heavy atom. The molecule has 2 N–H and O–H groups in total. The van der Waals surface area contributed by atoms with Gasteiger partial charge in [-0.1, -0.05) is 6.07 Å². The number of aliphatic carboxylic acids is 2. The Balaban J connectivity index is 0.000000568. The van der Waals surface area contributed by atoms with Gasteiger partial charge in [-0.2, -0.15) is 0 Å². The summed E-state index contributed by atoms with van der Waals surface area (Å²) in [7, 11) is 4.90. The molecule has 0 aliphatic rings. The van der Waals surface area contributed by atoms with Crippen LogP contribution < -0.4 is 9.47 Å². The molecule has 0 bridgehead atoms. The number of rotatable bonds is 6. The molecule has 1 amide bonds. The summed E-state index contributed by atoms with van der Waals surface area (Å²) >= 11 is 0. The second-order valence-electron chi connectivity index (χ2n) is 5.48. The highest BCUT2D eigenvalue weighted by Crippen LogP contribution is 2.27. The molecule has 0 spiro atoms. The summed E-state index contributed by atoms with van der Waals surface area (Å²) in [6.45, 7) is 0.601. The van der Waals surface area contributed by atoms with Crippen LogP contribution in [0.15, 0.2) is 42.6 Å². The molecule has 28 heavy (non-hydrogen) atoms. The van der Waals surface area contributed by atoms with E-state index in [0.717, 1.165) is 12.1 Å². The minimum atomic E-state index is -1.82. The fourth-order valence-corrected chi connectivity index (χ4v) is 2.12. The van der Waals surface area contributed by atoms with E-state index in [4.69, 9.17) is 29.3 Å². The summed E-state index contributed by atoms with van der Waals surface area (Å²) < 4.78 is 10.4. The van der Waals surface area contributed by atoms with Crippen molar-refractivity contribution in [1.29, 1.82) is 0 Å². The van der Waals surface area contributed by atoms with Gasteiger partial charge in [-0.25, -0.2) is 9.59 Å². The molecule has 0 fully saturated rings. The Hall–Kier alpha value is -3.62. The first kappa shape index (κ1) is 22.4. The van der Waals surface area contributed by atoms with E-state index in [9.17, 15) is 4.79 Å². The van der Waals surface area contributed by atoms with Crippen LogP contribution in [-0.2, 0) is 16.0 Å². The lowest BCUT2D eigenvalue weighted by Crippen LogP contribution is -2.29. The average Bonchev–Trinajstić information content (AvgIpc) is 2.72. The molecule has 0 saturated carbocycles. The number of ether oxygens (including phenoxy) is 2. The molecule has 2 rings (SSSR count). The normalized spacial score (nSPS) is 9.54. The molecule has 1 heterocycles. The van der Waals surface area contributed by atoms with Crippen LogP contribution in [0, 0.1) is 0 Å². The van der Waals surface area contributed by atoms with Crippen molar-refractivity contribution >= 4 is 17.8 Å². The Kier molecular flexibility index (Phi) is 8.94. The monoisotopic (exact) mass is 390 g/mol. The molecule has 9 nitrogen and oxygen atoms in total. The third-order valence-electron chi connectivity index (χ3n) is 3.59. The van der Waals surface area contributed by atoms with Crippen LogP contribution in [0.4, 0.5) is 0 Å². The SMILES string of the molecule is COc1ccc(C(=O)N(C)CCc2ccccn2)cc1OC.O=C(O)C(=O)O. The molecule has 0 atom stereocenters. The molecule has 9 heteroatoms. The molecular formula is C19H22N2O7. The van der Waals surface area contributed by atoms with Gasteiger partial charge in [0.1, 0.15) is 0 Å². The molecule has 0 radical (unpaired) electrons. The van der Waals surface area contributed by atoms with E-state index < -0.39 is 11.9 Å². The van der Waals surface area contributed by atoms with Gasteiger partial charge in [-0.3, -0.25) is 9.78 Å². The van der Waals surface area contributed by atoms with Crippen molar-refractivity contribution < 1.29 is 34.1 Å². The van der Waals surface area contributed by atoms with E-state index in [-0.39, 0.29) is 5.91 Å². The molecule has 0 saturated heterocycles. The molecule has 0 unspecified atom stereocenters. The largest absolute Gasteiger partial charge is 0.493 e. The first-order valence-electron chi connectivity index (χ1n) is 8.13. The predicted octanol–water partition coefficient (Wildman–Crippen LogP) is 1.57. The van der Waals surface area contributed by atoms with Gasteiger partial charge in [0.25, 0.3) is 5.91 Å². The van der Waals surface area contributed by atoms with Gasteiger partial charge in [0.15, 0.2) is 11.5 Å². The summed E-state index contributed by atoms with van der Waals surface area (Å²) in [5.41, 5.74) is 1.54. The van der Waals surface area contributed by atoms with Gasteiger partial charge in [0, 0.05) is 37.5 Å². The van der Waals surface area contributed by atoms with Gasteiger partial charge < -0.3 is 24.6 Å². The molecule has 1 aromatic heterocycles. The second kappa shape index (κ2) is 11.2. The number of hydrogen-bond acceptors (Lipinski definition) is 6. The number of benzene rings is 1. The van der Waals surface area contributed by atoms with E-state index in [2.05, 4.69) is 4.98 Å². The number of carbonyl (C=O) groups is 3. The van der Waals surface area contributed by atoms with Gasteiger partial charge in [0.05, 0.1) is 14.2 Å². The lowest BCUT2D eigenvalue weighted by Gasteiger charge is -2.18. The van der Waals surface area contributed by atoms with E-state index in [0.29, 0.717) is 23.6 Å². The van der Waals surface area contributed by atoms with Crippen molar-refractivity contribution in [3.05, 3.63) is 53.9 Å². The Morgan fingerprint density at radius 3 is 2.14 bits per heavy atom. The smallest absolute Gasteiger partial charge is 0.414 e. The van der Waals surface area contributed by atoms with Crippen LogP contribution in [0.5, 0.6) is 11.5 Å². The van der Waals surface area contributed by atoms with Gasteiger partial charge >= 0.3 is 11.9 Å². The number of aromatic nitrogens is 1. The van der Waals surface area contributed by atoms with Crippen LogP contribution in [0.25, 0.3) is 0 Å². The van der Waals surface area contributed by atoms with Gasteiger partial charge in [-0.15, -0.1) is 0 Å². The Bertz CT molecular complexity index is 797. The maximum Gasteiger partial charge on any atom is 0.414 e. The molecule has 2 aromatic rings. The highest BCUT2D eigenvalue weighted by Gasteiger charge is 2.14. The summed E-state index contributed by atoms with van der Waals surface area (Å²) in [6.07, 6.45) is 2.47. The van der Waals surface area contributed by atoms with E-state index in [1.807, 2.05) is 18.2 Å². The number of methoxy groups -OCH3 is 2. The number of likely N-dealkylation sites (N-methyl/N-ethyl adjacent to an activating group) is 1. The summed E-state index contributed by atoms with van der Waals surface area (Å²) in [5, 5.41) is 14.8. The number of carbonyl (C=O) groups excluding carboxylic acids is 1. The van der Waals surface area contributed by atoms with Gasteiger partial charge in [0.2, 0.25) is 0 Å². The molecule has 150 valence electrons. The number of carboxylic acids is 2. The topological polar surface area (TPSA) is 126 Å². The number of nitrogens with zero attached hydrogens (tertiary/aromatic N) is 2. The first-order valence-corrected chi connectivity index (χ1v) is 8.13. The van der Waals surface area contributed by atoms with Crippen LogP contribution in [0.2, 0.25) is 0 Å². The van der Waals surface area contributed by atoms with Crippen LogP contribution >= 0.6 is 0 Å². The standard InChI is InChI=1S/C17H20N2O3.C2H2O4/c1-19(11-9-14-6-4-5-10-18-14)17(20)13-7-8-15(21-2)16(12-13)22-3;3-1(4)2(5)6/h4-8,10,12H,9,11H2,1-3H3;(H,3,4)(H,5,6). The van der Waals surface area contributed by atoms with Crippen molar-refractivity contribution in [2.24, 2.45) is 0 Å². The summed E-state index contributed by atoms with van der Waals surface area (Å²) in [5.74, 6) is -2.55. The number of pyridine rings is 1. The average molecular weight is 390 g/mol. The predicted molar refractivity (Wildman–Crippen MR) is 99.7 cm³/mol. The van der Waals surface area contributed by atoms with Crippen molar-refractivity contribution in [2.75, 3.05) is 27.8 Å². The zero-order valence-electron chi connectivity index (χ0n) is 15.8. The summed E-state index contributed by atoms with van der Waals surface area (Å²) in [4.78, 5) is 36.6. The lowest BCUT2D eigenvalue weighted by molar-refractivity contribution is -0.159. The third kappa shape index (κ3) is 6.94. The number of hydrogen-bond donors (Lipinski definition) is 2. The van der Waals surface area contributed by atoms with E-state index in [1.165, 1.54) is 0 Å². The van der Waals surface area contributed by atoms with Crippen molar-refractivity contribution in [3.63, 3.8) is 0 Å². The first-order chi connectivity index (χ1) is 13.3. The van der Waals surface area contributed by atoms with Crippen LogP contribution in [-0.4, -0.2) is 65.8 Å². The summed E-state index contributed by atoms with van der Waals surface area (Å²) in [6, 6.07) is 10.9. The highest BCUT2D eigenvalue weighted by molar-refractivity contribution is 6.27. The minimum Gasteiger partial charge on any atom is -0.493 e. The van der Waals surface area contributed by atoms with E-state index >= 15 is 0 Å². The Morgan fingerprint density at radius 2 is 1.64 bits per heavy atom. The molecule has 1 aromatic carbocycles. The number of amides is 1. The third-order valence-corrected chi connectivity index (χ3v) is 3.59. The van der Waals surface area contributed by atoms with Crippen molar-refractivity contribution in [2.45, 2.75) is 6.42 Å². The van der Waals surface area contributed by atoms with Gasteiger partial charge in [-0.05, 0) is 30.3 Å². The zero-order valence-corrected chi connectivity index (χ0v) is 15.8. The lowest BCUT2D eigenvalue weighted by atomic mass is 10.1. The number of carboxylic acid groups (broad SMARTS) is 2. The maximum atomic E-state index is 12.4. The second-order valence-corrected chi connectivity index (χ2v) is 5.48. The highest BCUT2D eigenvalue weighted by atomic mass is 16.5. The van der Waals surface area contributed by atoms with Crippen molar-refractivity contribution in [3.8, 4) is 11.5 Å². The van der Waals surface area contributed by atoms with Crippen molar-refractivity contribution in [1.82, 2.24) is 9.88 Å². The Labute approximate surface area is 162 Å². The fraction of sp³-hybridized carbons (Fsp3) is 0.263. The zero-order chi connectivity index (χ0) is 21.1. The molecular weight excluding hydrogens is 368 g/mol. The molecule has 0 aliphatic heterocycles. The van der Waals surface area contributed by atoms with Crippen LogP contribution in [0.1, 0.15) is 16.1 Å². The maximum absolute atomic E-state index is 12.4. The van der Waals surface area contributed by atoms with Crippen LogP contribution in [0.3, 0.4) is 0 Å². The minimum absolute atomic E-state index is 0.0584.